The van der Waals surface area contributed by atoms with Gasteiger partial charge in [0.05, 0.1) is 0 Å². The molecule has 0 fully saturated rings. The Kier molecular flexibility index (Phi) is 23.2. The van der Waals surface area contributed by atoms with Gasteiger partial charge >= 0.3 is 5.97 Å². The van der Waals surface area contributed by atoms with E-state index in [0.29, 0.717) is 6.42 Å². The van der Waals surface area contributed by atoms with Gasteiger partial charge in [-0.2, -0.15) is 0 Å². The minimum atomic E-state index is -0.663. The zero-order chi connectivity index (χ0) is 23.0. The molecule has 0 bridgehead atoms. The zero-order valence-electron chi connectivity index (χ0n) is 21.4. The largest absolute Gasteiger partial charge is 0.481 e. The molecule has 1 atom stereocenters. The van der Waals surface area contributed by atoms with Crippen molar-refractivity contribution >= 4 is 5.97 Å². The smallest absolute Gasteiger partial charge is 0.303 e. The molecule has 3 heteroatoms. The second-order valence-electron chi connectivity index (χ2n) is 9.69. The van der Waals surface area contributed by atoms with Gasteiger partial charge in [0, 0.05) is 12.5 Å². The average molecular weight is 438 g/mol. The van der Waals surface area contributed by atoms with Gasteiger partial charge in [-0.05, 0) is 59.0 Å². The van der Waals surface area contributed by atoms with E-state index >= 15 is 0 Å². The standard InChI is InChI=1S/C28H55NO2/c1-4-5-6-7-15-18-21-24-27(29(2)3)25-22-19-16-13-11-9-8-10-12-14-17-20-23-26-28(30)31/h8-9,27H,4-7,10-26H2,1-3H3,(H,30,31)/b9-8-. The van der Waals surface area contributed by atoms with Gasteiger partial charge in [-0.15, -0.1) is 0 Å². The minimum absolute atomic E-state index is 0.328. The molecule has 0 aromatic rings. The van der Waals surface area contributed by atoms with Gasteiger partial charge in [-0.3, -0.25) is 4.79 Å². The van der Waals surface area contributed by atoms with Crippen LogP contribution in [0.5, 0.6) is 0 Å². The van der Waals surface area contributed by atoms with E-state index < -0.39 is 5.97 Å². The van der Waals surface area contributed by atoms with Crippen LogP contribution in [-0.4, -0.2) is 36.1 Å². The molecular formula is C28H55NO2. The second-order valence-corrected chi connectivity index (χ2v) is 9.69. The highest BCUT2D eigenvalue weighted by atomic mass is 16.4. The number of hydrogen-bond acceptors (Lipinski definition) is 2. The van der Waals surface area contributed by atoms with Gasteiger partial charge in [0.1, 0.15) is 0 Å². The van der Waals surface area contributed by atoms with Crippen molar-refractivity contribution in [2.24, 2.45) is 0 Å². The van der Waals surface area contributed by atoms with Gasteiger partial charge in [-0.25, -0.2) is 0 Å². The van der Waals surface area contributed by atoms with E-state index in [0.717, 1.165) is 18.9 Å². The van der Waals surface area contributed by atoms with E-state index in [1.165, 1.54) is 116 Å². The first-order valence-corrected chi connectivity index (χ1v) is 13.6. The van der Waals surface area contributed by atoms with Crippen molar-refractivity contribution in [2.45, 2.75) is 148 Å². The lowest BCUT2D eigenvalue weighted by molar-refractivity contribution is -0.137. The van der Waals surface area contributed by atoms with Crippen molar-refractivity contribution in [1.82, 2.24) is 4.90 Å². The van der Waals surface area contributed by atoms with Crippen LogP contribution in [-0.2, 0) is 4.79 Å². The maximum atomic E-state index is 10.4. The van der Waals surface area contributed by atoms with E-state index in [9.17, 15) is 4.79 Å². The number of unbranched alkanes of at least 4 members (excludes halogenated alkanes) is 15. The Morgan fingerprint density at radius 1 is 0.677 bits per heavy atom. The summed E-state index contributed by atoms with van der Waals surface area (Å²) >= 11 is 0. The Balaban J connectivity index is 3.47. The van der Waals surface area contributed by atoms with E-state index in [1.54, 1.807) is 0 Å². The summed E-state index contributed by atoms with van der Waals surface area (Å²) in [5.41, 5.74) is 0. The molecule has 1 N–H and O–H groups in total. The molecule has 0 radical (unpaired) electrons. The third kappa shape index (κ3) is 23.7. The molecule has 1 unspecified atom stereocenters. The quantitative estimate of drug-likeness (QED) is 0.121. The van der Waals surface area contributed by atoms with Crippen molar-refractivity contribution in [2.75, 3.05) is 14.1 Å². The van der Waals surface area contributed by atoms with Gasteiger partial charge in [-0.1, -0.05) is 103 Å². The summed E-state index contributed by atoms with van der Waals surface area (Å²) in [5.74, 6) is -0.663. The normalized spacial score (nSPS) is 12.8. The van der Waals surface area contributed by atoms with E-state index in [2.05, 4.69) is 38.1 Å². The van der Waals surface area contributed by atoms with Crippen LogP contribution in [0.15, 0.2) is 12.2 Å². The van der Waals surface area contributed by atoms with Crippen LogP contribution >= 0.6 is 0 Å². The number of carboxylic acid groups (broad SMARTS) is 1. The summed E-state index contributed by atoms with van der Waals surface area (Å²) < 4.78 is 0. The highest BCUT2D eigenvalue weighted by Crippen LogP contribution is 2.17. The third-order valence-electron chi connectivity index (χ3n) is 6.46. The average Bonchev–Trinajstić information content (AvgIpc) is 2.73. The molecule has 0 rings (SSSR count). The van der Waals surface area contributed by atoms with E-state index in [4.69, 9.17) is 5.11 Å². The number of carbonyl (C=O) groups is 1. The highest BCUT2D eigenvalue weighted by Gasteiger charge is 2.10. The SMILES string of the molecule is CCCCCCCCCC(CCCCCC/C=C\CCCCCCCC(=O)O)N(C)C. The first-order valence-electron chi connectivity index (χ1n) is 13.6. The monoisotopic (exact) mass is 437 g/mol. The molecule has 0 aliphatic carbocycles. The van der Waals surface area contributed by atoms with Crippen molar-refractivity contribution in [3.8, 4) is 0 Å². The number of allylic oxidation sites excluding steroid dienone is 2. The van der Waals surface area contributed by atoms with Crippen molar-refractivity contribution in [1.29, 1.82) is 0 Å². The number of carboxylic acids is 1. The fourth-order valence-corrected chi connectivity index (χ4v) is 4.30. The van der Waals surface area contributed by atoms with E-state index in [-0.39, 0.29) is 0 Å². The van der Waals surface area contributed by atoms with Crippen molar-refractivity contribution in [3.05, 3.63) is 12.2 Å². The summed E-state index contributed by atoms with van der Waals surface area (Å²) in [6, 6.07) is 0.777. The molecule has 0 aliphatic rings. The Morgan fingerprint density at radius 2 is 1.10 bits per heavy atom. The van der Waals surface area contributed by atoms with Gasteiger partial charge in [0.15, 0.2) is 0 Å². The molecule has 31 heavy (non-hydrogen) atoms. The van der Waals surface area contributed by atoms with E-state index in [1.807, 2.05) is 0 Å². The predicted octanol–water partition coefficient (Wildman–Crippen LogP) is 8.77. The lowest BCUT2D eigenvalue weighted by atomic mass is 9.99. The highest BCUT2D eigenvalue weighted by molar-refractivity contribution is 5.66. The number of hydrogen-bond donors (Lipinski definition) is 1. The van der Waals surface area contributed by atoms with Crippen LogP contribution in [0.4, 0.5) is 0 Å². The first-order chi connectivity index (χ1) is 15.1. The van der Waals surface area contributed by atoms with Crippen molar-refractivity contribution in [3.63, 3.8) is 0 Å². The third-order valence-corrected chi connectivity index (χ3v) is 6.46. The Morgan fingerprint density at radius 3 is 1.55 bits per heavy atom. The van der Waals surface area contributed by atoms with Crippen molar-refractivity contribution < 1.29 is 9.90 Å². The summed E-state index contributed by atoms with van der Waals surface area (Å²) in [6.45, 7) is 2.29. The Hall–Kier alpha value is -0.830. The Bertz CT molecular complexity index is 406. The summed E-state index contributed by atoms with van der Waals surface area (Å²) in [7, 11) is 4.51. The Labute approximate surface area is 195 Å². The maximum Gasteiger partial charge on any atom is 0.303 e. The minimum Gasteiger partial charge on any atom is -0.481 e. The lowest BCUT2D eigenvalue weighted by Gasteiger charge is -2.24. The molecule has 0 aromatic carbocycles. The molecule has 0 spiro atoms. The van der Waals surface area contributed by atoms with Crippen LogP contribution < -0.4 is 0 Å². The van der Waals surface area contributed by atoms with Crippen LogP contribution in [0.2, 0.25) is 0 Å². The van der Waals surface area contributed by atoms with Crippen LogP contribution in [0, 0.1) is 0 Å². The fraction of sp³-hybridized carbons (Fsp3) is 0.893. The molecule has 0 saturated heterocycles. The lowest BCUT2D eigenvalue weighted by Crippen LogP contribution is -2.27. The van der Waals surface area contributed by atoms with Crippen LogP contribution in [0.1, 0.15) is 142 Å². The molecule has 3 nitrogen and oxygen atoms in total. The summed E-state index contributed by atoms with van der Waals surface area (Å²) in [5, 5.41) is 8.61. The number of aliphatic carboxylic acids is 1. The maximum absolute atomic E-state index is 10.4. The molecule has 0 saturated carbocycles. The molecule has 0 aromatic heterocycles. The van der Waals surface area contributed by atoms with Crippen LogP contribution in [0.25, 0.3) is 0 Å². The zero-order valence-corrected chi connectivity index (χ0v) is 21.4. The van der Waals surface area contributed by atoms with Gasteiger partial charge in [0.25, 0.3) is 0 Å². The van der Waals surface area contributed by atoms with Gasteiger partial charge in [0.2, 0.25) is 0 Å². The molecule has 184 valence electrons. The van der Waals surface area contributed by atoms with Gasteiger partial charge < -0.3 is 10.0 Å². The predicted molar refractivity (Wildman–Crippen MR) is 137 cm³/mol. The fourth-order valence-electron chi connectivity index (χ4n) is 4.30. The first kappa shape index (κ1) is 30.2. The summed E-state index contributed by atoms with van der Waals surface area (Å²) in [6.07, 6.45) is 31.1. The number of rotatable bonds is 24. The molecular weight excluding hydrogens is 382 g/mol. The topological polar surface area (TPSA) is 40.5 Å². The summed E-state index contributed by atoms with van der Waals surface area (Å²) in [4.78, 5) is 12.9. The molecule has 0 aliphatic heterocycles. The van der Waals surface area contributed by atoms with Crippen LogP contribution in [0.3, 0.4) is 0 Å². The molecule has 0 heterocycles. The molecule has 0 amide bonds. The number of nitrogens with zero attached hydrogens (tertiary/aromatic N) is 1. The second kappa shape index (κ2) is 23.8.